The van der Waals surface area contributed by atoms with Gasteiger partial charge in [0.1, 0.15) is 16.8 Å². The van der Waals surface area contributed by atoms with E-state index in [-0.39, 0.29) is 11.5 Å². The summed E-state index contributed by atoms with van der Waals surface area (Å²) in [6.07, 6.45) is 0. The second-order valence-corrected chi connectivity index (χ2v) is 8.87. The first-order valence-electron chi connectivity index (χ1n) is 9.29. The number of amides is 2. The minimum absolute atomic E-state index is 0.169. The van der Waals surface area contributed by atoms with Crippen LogP contribution in [0.15, 0.2) is 48.5 Å². The molecule has 2 rings (SSSR count). The topological polar surface area (TPSA) is 119 Å². The molecule has 0 aliphatic heterocycles. The third kappa shape index (κ3) is 6.15. The van der Waals surface area contributed by atoms with Gasteiger partial charge >= 0.3 is 0 Å². The first kappa shape index (κ1) is 23.1. The lowest BCUT2D eigenvalue weighted by atomic mass is 10.1. The van der Waals surface area contributed by atoms with Gasteiger partial charge in [0.2, 0.25) is 11.8 Å². The van der Waals surface area contributed by atoms with Crippen molar-refractivity contribution in [2.75, 3.05) is 23.0 Å². The van der Waals surface area contributed by atoms with E-state index in [0.717, 1.165) is 0 Å². The van der Waals surface area contributed by atoms with Gasteiger partial charge in [-0.25, -0.2) is 8.42 Å². The molecule has 30 heavy (non-hydrogen) atoms. The van der Waals surface area contributed by atoms with E-state index in [9.17, 15) is 22.8 Å². The second kappa shape index (κ2) is 10.0. The predicted octanol–water partition coefficient (Wildman–Crippen LogP) is 2.67. The molecule has 2 amide bonds. The molecule has 1 unspecified atom stereocenters. The number of sulfone groups is 1. The van der Waals surface area contributed by atoms with E-state index in [0.29, 0.717) is 23.7 Å². The lowest BCUT2D eigenvalue weighted by molar-refractivity contribution is -0.114. The van der Waals surface area contributed by atoms with E-state index in [1.165, 1.54) is 38.1 Å². The van der Waals surface area contributed by atoms with Gasteiger partial charge < -0.3 is 15.4 Å². The SMILES string of the molecule is CCOc1ccccc1NC(=O)CS(=O)(=O)C(C)C(=O)c1ccc(NC(C)=O)cc1. The Morgan fingerprint density at radius 1 is 1.00 bits per heavy atom. The normalized spacial score (nSPS) is 12.0. The third-order valence-electron chi connectivity index (χ3n) is 4.19. The maximum absolute atomic E-state index is 12.6. The number of Topliss-reactive ketones (excluding diaryl/α,β-unsaturated/α-hetero) is 1. The van der Waals surface area contributed by atoms with Crippen molar-refractivity contribution in [1.29, 1.82) is 0 Å². The van der Waals surface area contributed by atoms with Gasteiger partial charge in [0.25, 0.3) is 0 Å². The van der Waals surface area contributed by atoms with Gasteiger partial charge in [0.15, 0.2) is 15.6 Å². The van der Waals surface area contributed by atoms with Crippen LogP contribution in [0.4, 0.5) is 11.4 Å². The van der Waals surface area contributed by atoms with Crippen LogP contribution < -0.4 is 15.4 Å². The summed E-state index contributed by atoms with van der Waals surface area (Å²) < 4.78 is 30.6. The summed E-state index contributed by atoms with van der Waals surface area (Å²) in [7, 11) is -4.05. The van der Waals surface area contributed by atoms with Gasteiger partial charge in [-0.1, -0.05) is 12.1 Å². The Kier molecular flexibility index (Phi) is 7.71. The van der Waals surface area contributed by atoms with Gasteiger partial charge in [0, 0.05) is 18.2 Å². The third-order valence-corrected chi connectivity index (χ3v) is 6.15. The van der Waals surface area contributed by atoms with Gasteiger partial charge in [-0.2, -0.15) is 0 Å². The summed E-state index contributed by atoms with van der Waals surface area (Å²) in [5.74, 6) is -2.07. The molecule has 8 nitrogen and oxygen atoms in total. The number of para-hydroxylation sites is 2. The molecule has 2 N–H and O–H groups in total. The van der Waals surface area contributed by atoms with Crippen LogP contribution in [0.1, 0.15) is 31.1 Å². The number of rotatable bonds is 9. The van der Waals surface area contributed by atoms with E-state index >= 15 is 0 Å². The number of hydrogen-bond acceptors (Lipinski definition) is 6. The summed E-state index contributed by atoms with van der Waals surface area (Å²) in [6, 6.07) is 12.5. The Morgan fingerprint density at radius 3 is 2.23 bits per heavy atom. The maximum Gasteiger partial charge on any atom is 0.239 e. The lowest BCUT2D eigenvalue weighted by Crippen LogP contribution is -2.34. The van der Waals surface area contributed by atoms with E-state index in [2.05, 4.69) is 10.6 Å². The molecule has 0 radical (unpaired) electrons. The van der Waals surface area contributed by atoms with Crippen molar-refractivity contribution in [3.05, 3.63) is 54.1 Å². The van der Waals surface area contributed by atoms with Crippen LogP contribution in [-0.2, 0) is 19.4 Å². The van der Waals surface area contributed by atoms with Gasteiger partial charge in [-0.15, -0.1) is 0 Å². The predicted molar refractivity (Wildman–Crippen MR) is 115 cm³/mol. The van der Waals surface area contributed by atoms with Crippen molar-refractivity contribution < 1.29 is 27.5 Å². The molecule has 2 aromatic rings. The highest BCUT2D eigenvalue weighted by atomic mass is 32.2. The van der Waals surface area contributed by atoms with Crippen molar-refractivity contribution in [3.8, 4) is 5.75 Å². The first-order chi connectivity index (χ1) is 14.1. The number of ketones is 1. The van der Waals surface area contributed by atoms with Crippen LogP contribution >= 0.6 is 0 Å². The summed E-state index contributed by atoms with van der Waals surface area (Å²) in [6.45, 7) is 4.78. The Labute approximate surface area is 175 Å². The van der Waals surface area contributed by atoms with Gasteiger partial charge in [-0.3, -0.25) is 14.4 Å². The highest BCUT2D eigenvalue weighted by Crippen LogP contribution is 2.24. The Morgan fingerprint density at radius 2 is 1.63 bits per heavy atom. The molecule has 0 fully saturated rings. The molecule has 0 saturated heterocycles. The first-order valence-corrected chi connectivity index (χ1v) is 11.0. The van der Waals surface area contributed by atoms with Gasteiger partial charge in [-0.05, 0) is 50.2 Å². The summed E-state index contributed by atoms with van der Waals surface area (Å²) >= 11 is 0. The molecule has 0 heterocycles. The lowest BCUT2D eigenvalue weighted by Gasteiger charge is -2.14. The van der Waals surface area contributed by atoms with E-state index in [1.54, 1.807) is 31.2 Å². The standard InChI is InChI=1S/C21H24N2O6S/c1-4-29-19-8-6-5-7-18(19)23-20(25)13-30(27,28)14(2)21(26)16-9-11-17(12-10-16)22-15(3)24/h5-12,14H,4,13H2,1-3H3,(H,22,24)(H,23,25). The van der Waals surface area contributed by atoms with Crippen molar-refractivity contribution >= 4 is 38.8 Å². The molecule has 2 aromatic carbocycles. The van der Waals surface area contributed by atoms with E-state index in [1.807, 2.05) is 0 Å². The molecule has 1 atom stereocenters. The number of benzene rings is 2. The highest BCUT2D eigenvalue weighted by molar-refractivity contribution is 7.93. The zero-order valence-corrected chi connectivity index (χ0v) is 17.8. The summed E-state index contributed by atoms with van der Waals surface area (Å²) in [5.41, 5.74) is 1.01. The number of anilines is 2. The van der Waals surface area contributed by atoms with Crippen LogP contribution in [-0.4, -0.2) is 43.6 Å². The zero-order chi connectivity index (χ0) is 22.3. The molecule has 0 saturated carbocycles. The molecule has 0 aromatic heterocycles. The van der Waals surface area contributed by atoms with Crippen LogP contribution in [0.2, 0.25) is 0 Å². The summed E-state index contributed by atoms with van der Waals surface area (Å²) in [5, 5.41) is 3.67. The van der Waals surface area contributed by atoms with Crippen molar-refractivity contribution in [1.82, 2.24) is 0 Å². The highest BCUT2D eigenvalue weighted by Gasteiger charge is 2.31. The van der Waals surface area contributed by atoms with E-state index in [4.69, 9.17) is 4.74 Å². The van der Waals surface area contributed by atoms with Crippen LogP contribution in [0.3, 0.4) is 0 Å². The number of carbonyl (C=O) groups is 3. The monoisotopic (exact) mass is 432 g/mol. The van der Waals surface area contributed by atoms with Crippen molar-refractivity contribution in [3.63, 3.8) is 0 Å². The number of hydrogen-bond donors (Lipinski definition) is 2. The largest absolute Gasteiger partial charge is 0.492 e. The van der Waals surface area contributed by atoms with Gasteiger partial charge in [0.05, 0.1) is 12.3 Å². The molecule has 160 valence electrons. The molecule has 0 bridgehead atoms. The molecule has 0 spiro atoms. The average molecular weight is 432 g/mol. The zero-order valence-electron chi connectivity index (χ0n) is 17.0. The minimum Gasteiger partial charge on any atom is -0.492 e. The molecule has 0 aliphatic carbocycles. The number of carbonyl (C=O) groups excluding carboxylic acids is 3. The smallest absolute Gasteiger partial charge is 0.239 e. The number of nitrogens with one attached hydrogen (secondary N) is 2. The fraction of sp³-hybridized carbons (Fsp3) is 0.286. The van der Waals surface area contributed by atoms with Crippen LogP contribution in [0.5, 0.6) is 5.75 Å². The van der Waals surface area contributed by atoms with Crippen molar-refractivity contribution in [2.45, 2.75) is 26.0 Å². The van der Waals surface area contributed by atoms with Crippen LogP contribution in [0, 0.1) is 0 Å². The minimum atomic E-state index is -4.05. The molecular weight excluding hydrogens is 408 g/mol. The summed E-state index contributed by atoms with van der Waals surface area (Å²) in [4.78, 5) is 35.9. The molecular formula is C21H24N2O6S. The Hall–Kier alpha value is -3.20. The maximum atomic E-state index is 12.6. The fourth-order valence-corrected chi connectivity index (χ4v) is 3.81. The average Bonchev–Trinajstić information content (AvgIpc) is 2.68. The molecule has 9 heteroatoms. The van der Waals surface area contributed by atoms with Crippen molar-refractivity contribution in [2.24, 2.45) is 0 Å². The molecule has 0 aliphatic rings. The Balaban J connectivity index is 2.08. The second-order valence-electron chi connectivity index (χ2n) is 6.55. The quantitative estimate of drug-likeness (QED) is 0.588. The van der Waals surface area contributed by atoms with Crippen LogP contribution in [0.25, 0.3) is 0 Å². The van der Waals surface area contributed by atoms with E-state index < -0.39 is 32.5 Å². The number of ether oxygens (including phenoxy) is 1. The fourth-order valence-electron chi connectivity index (χ4n) is 2.66. The Bertz CT molecular complexity index is 1030.